The number of benzene rings is 2. The van der Waals surface area contributed by atoms with Gasteiger partial charge in [-0.25, -0.2) is 0 Å². The van der Waals surface area contributed by atoms with Gasteiger partial charge in [0, 0.05) is 36.0 Å². The van der Waals surface area contributed by atoms with Gasteiger partial charge >= 0.3 is 0 Å². The number of aryl methyl sites for hydroxylation is 1. The molecule has 0 spiro atoms. The first-order valence-corrected chi connectivity index (χ1v) is 8.32. The lowest BCUT2D eigenvalue weighted by Gasteiger charge is -2.28. The summed E-state index contributed by atoms with van der Waals surface area (Å²) in [5.41, 5.74) is 4.28. The molecular formula is C19H19ClN2O3. The number of rotatable bonds is 3. The Kier molecular flexibility index (Phi) is 4.68. The molecule has 1 atom stereocenters. The van der Waals surface area contributed by atoms with E-state index in [9.17, 15) is 9.59 Å². The van der Waals surface area contributed by atoms with Crippen LogP contribution in [0.25, 0.3) is 0 Å². The second kappa shape index (κ2) is 6.76. The third-order valence-corrected chi connectivity index (χ3v) is 4.56. The second-order valence-electron chi connectivity index (χ2n) is 6.13. The van der Waals surface area contributed by atoms with Crippen molar-refractivity contribution in [2.24, 2.45) is 0 Å². The van der Waals surface area contributed by atoms with Crippen LogP contribution in [0, 0.1) is 6.92 Å². The molecule has 25 heavy (non-hydrogen) atoms. The minimum absolute atomic E-state index is 0.0545. The Morgan fingerprint density at radius 2 is 2.04 bits per heavy atom. The van der Waals surface area contributed by atoms with Gasteiger partial charge in [0.15, 0.2) is 0 Å². The number of carbonyl (C=O) groups excluding carboxylic acids is 2. The number of fused-ring (bicyclic) bond motifs is 1. The van der Waals surface area contributed by atoms with Crippen LogP contribution >= 0.6 is 11.6 Å². The highest BCUT2D eigenvalue weighted by Gasteiger charge is 2.29. The highest BCUT2D eigenvalue weighted by Crippen LogP contribution is 2.43. The van der Waals surface area contributed by atoms with Crippen LogP contribution in [0.2, 0.25) is 5.02 Å². The van der Waals surface area contributed by atoms with Crippen molar-refractivity contribution in [1.29, 1.82) is 0 Å². The number of hydrogen-bond donors (Lipinski definition) is 2. The first kappa shape index (κ1) is 17.3. The van der Waals surface area contributed by atoms with E-state index in [1.807, 2.05) is 31.2 Å². The molecule has 3 rings (SSSR count). The minimum atomic E-state index is -0.183. The Bertz CT molecular complexity index is 864. The number of nitrogens with one attached hydrogen (secondary N) is 2. The quantitative estimate of drug-likeness (QED) is 0.868. The molecule has 1 aliphatic heterocycles. The van der Waals surface area contributed by atoms with Crippen LogP contribution in [-0.4, -0.2) is 18.9 Å². The Morgan fingerprint density at radius 3 is 2.68 bits per heavy atom. The van der Waals surface area contributed by atoms with Crippen molar-refractivity contribution in [3.63, 3.8) is 0 Å². The number of amides is 2. The molecule has 130 valence electrons. The minimum Gasteiger partial charge on any atom is -0.494 e. The molecule has 0 saturated heterocycles. The van der Waals surface area contributed by atoms with Gasteiger partial charge in [-0.3, -0.25) is 9.59 Å². The summed E-state index contributed by atoms with van der Waals surface area (Å²) < 4.78 is 5.34. The van der Waals surface area contributed by atoms with E-state index < -0.39 is 0 Å². The summed E-state index contributed by atoms with van der Waals surface area (Å²) in [6, 6.07) is 9.28. The predicted molar refractivity (Wildman–Crippen MR) is 98.6 cm³/mol. The highest BCUT2D eigenvalue weighted by atomic mass is 35.5. The fourth-order valence-electron chi connectivity index (χ4n) is 3.25. The predicted octanol–water partition coefficient (Wildman–Crippen LogP) is 4.09. The Hall–Kier alpha value is -2.53. The van der Waals surface area contributed by atoms with E-state index >= 15 is 0 Å². The maximum absolute atomic E-state index is 12.2. The van der Waals surface area contributed by atoms with E-state index in [0.29, 0.717) is 28.6 Å². The molecule has 6 heteroatoms. The van der Waals surface area contributed by atoms with Crippen molar-refractivity contribution in [3.8, 4) is 5.75 Å². The van der Waals surface area contributed by atoms with Crippen molar-refractivity contribution >= 4 is 34.8 Å². The maximum Gasteiger partial charge on any atom is 0.225 e. The molecule has 0 saturated carbocycles. The van der Waals surface area contributed by atoms with Gasteiger partial charge in [-0.15, -0.1) is 0 Å². The van der Waals surface area contributed by atoms with Crippen molar-refractivity contribution in [2.75, 3.05) is 17.7 Å². The lowest BCUT2D eigenvalue weighted by molar-refractivity contribution is -0.117. The Morgan fingerprint density at radius 1 is 1.28 bits per heavy atom. The van der Waals surface area contributed by atoms with Gasteiger partial charge in [-0.1, -0.05) is 17.7 Å². The summed E-state index contributed by atoms with van der Waals surface area (Å²) >= 11 is 6.06. The zero-order valence-electron chi connectivity index (χ0n) is 14.3. The van der Waals surface area contributed by atoms with Crippen molar-refractivity contribution in [2.45, 2.75) is 26.2 Å². The average Bonchev–Trinajstić information content (AvgIpc) is 2.53. The molecule has 0 radical (unpaired) electrons. The lowest BCUT2D eigenvalue weighted by atomic mass is 9.82. The summed E-state index contributed by atoms with van der Waals surface area (Å²) in [7, 11) is 1.53. The van der Waals surface area contributed by atoms with Crippen LogP contribution < -0.4 is 15.4 Å². The highest BCUT2D eigenvalue weighted by molar-refractivity contribution is 6.30. The lowest BCUT2D eigenvalue weighted by Crippen LogP contribution is -2.24. The molecule has 1 aliphatic rings. The molecule has 2 aromatic rings. The van der Waals surface area contributed by atoms with Crippen molar-refractivity contribution in [1.82, 2.24) is 0 Å². The zero-order valence-corrected chi connectivity index (χ0v) is 15.0. The van der Waals surface area contributed by atoms with E-state index in [1.165, 1.54) is 14.0 Å². The molecule has 0 bridgehead atoms. The van der Waals surface area contributed by atoms with Crippen LogP contribution in [0.4, 0.5) is 11.4 Å². The Balaban J connectivity index is 2.15. The fraction of sp³-hybridized carbons (Fsp3) is 0.263. The van der Waals surface area contributed by atoms with E-state index in [0.717, 1.165) is 16.7 Å². The van der Waals surface area contributed by atoms with Gasteiger partial charge in [0.25, 0.3) is 0 Å². The maximum atomic E-state index is 12.2. The average molecular weight is 359 g/mol. The zero-order chi connectivity index (χ0) is 18.1. The first-order chi connectivity index (χ1) is 11.9. The SMILES string of the molecule is COc1cc2c(cc1NC(C)=O)C(c1ccc(Cl)cc1C)CC(=O)N2. The third-order valence-electron chi connectivity index (χ3n) is 4.33. The molecular weight excluding hydrogens is 340 g/mol. The van der Waals surface area contributed by atoms with E-state index in [-0.39, 0.29) is 17.7 Å². The summed E-state index contributed by atoms with van der Waals surface area (Å²) in [5.74, 6) is 0.153. The summed E-state index contributed by atoms with van der Waals surface area (Å²) in [6.07, 6.45) is 0.335. The smallest absolute Gasteiger partial charge is 0.225 e. The largest absolute Gasteiger partial charge is 0.494 e. The molecule has 1 heterocycles. The normalized spacial score (nSPS) is 16.0. The summed E-state index contributed by atoms with van der Waals surface area (Å²) in [6.45, 7) is 3.42. The van der Waals surface area contributed by atoms with Crippen molar-refractivity contribution < 1.29 is 14.3 Å². The molecule has 0 fully saturated rings. The van der Waals surface area contributed by atoms with Crippen LogP contribution in [0.1, 0.15) is 36.0 Å². The molecule has 0 aliphatic carbocycles. The number of carbonyl (C=O) groups is 2. The number of anilines is 2. The fourth-order valence-corrected chi connectivity index (χ4v) is 3.48. The molecule has 0 aromatic heterocycles. The van der Waals surface area contributed by atoms with Crippen LogP contribution in [0.3, 0.4) is 0 Å². The summed E-state index contributed by atoms with van der Waals surface area (Å²) in [4.78, 5) is 23.7. The third kappa shape index (κ3) is 3.46. The second-order valence-corrected chi connectivity index (χ2v) is 6.56. The van der Waals surface area contributed by atoms with E-state index in [4.69, 9.17) is 16.3 Å². The molecule has 1 unspecified atom stereocenters. The van der Waals surface area contributed by atoms with Gasteiger partial charge in [0.05, 0.1) is 12.8 Å². The van der Waals surface area contributed by atoms with Gasteiger partial charge < -0.3 is 15.4 Å². The van der Waals surface area contributed by atoms with Gasteiger partial charge in [0.1, 0.15) is 5.75 Å². The van der Waals surface area contributed by atoms with E-state index in [2.05, 4.69) is 10.6 Å². The monoisotopic (exact) mass is 358 g/mol. The topological polar surface area (TPSA) is 67.4 Å². The van der Waals surface area contributed by atoms with Gasteiger partial charge in [-0.2, -0.15) is 0 Å². The first-order valence-electron chi connectivity index (χ1n) is 7.94. The number of hydrogen-bond acceptors (Lipinski definition) is 3. The van der Waals surface area contributed by atoms with Crippen LogP contribution in [-0.2, 0) is 9.59 Å². The van der Waals surface area contributed by atoms with E-state index in [1.54, 1.807) is 6.07 Å². The summed E-state index contributed by atoms with van der Waals surface area (Å²) in [5, 5.41) is 6.33. The van der Waals surface area contributed by atoms with Crippen molar-refractivity contribution in [3.05, 3.63) is 52.0 Å². The molecule has 2 aromatic carbocycles. The van der Waals surface area contributed by atoms with Crippen LogP contribution in [0.5, 0.6) is 5.75 Å². The molecule has 2 amide bonds. The number of methoxy groups -OCH3 is 1. The Labute approximate surface area is 151 Å². The number of halogens is 1. The van der Waals surface area contributed by atoms with Gasteiger partial charge in [-0.05, 0) is 41.8 Å². The standard InChI is InChI=1S/C19H19ClN2O3/c1-10-6-12(20)4-5-13(10)14-8-19(24)22-16-9-18(25-3)17(7-15(14)16)21-11(2)23/h4-7,9,14H,8H2,1-3H3,(H,21,23)(H,22,24). The number of ether oxygens (including phenoxy) is 1. The molecule has 2 N–H and O–H groups in total. The molecule has 5 nitrogen and oxygen atoms in total. The van der Waals surface area contributed by atoms with Gasteiger partial charge in [0.2, 0.25) is 11.8 Å². The van der Waals surface area contributed by atoms with Crippen LogP contribution in [0.15, 0.2) is 30.3 Å².